The van der Waals surface area contributed by atoms with Gasteiger partial charge in [0.2, 0.25) is 0 Å². The van der Waals surface area contributed by atoms with E-state index in [1.165, 1.54) is 0 Å². The van der Waals surface area contributed by atoms with Gasteiger partial charge in [-0.3, -0.25) is 0 Å². The van der Waals surface area contributed by atoms with Crippen LogP contribution in [0.2, 0.25) is 0 Å². The number of hydrogen-bond donors (Lipinski definition) is 0. The molecule has 18 heavy (non-hydrogen) atoms. The van der Waals surface area contributed by atoms with Crippen molar-refractivity contribution in [3.05, 3.63) is 23.8 Å². The lowest BCUT2D eigenvalue weighted by Crippen LogP contribution is -2.28. The van der Waals surface area contributed by atoms with E-state index in [0.717, 1.165) is 17.1 Å². The predicted molar refractivity (Wildman–Crippen MR) is 66.4 cm³/mol. The standard InChI is InChI=1S/C13H15ClO4/c14-4-3-13(17-7-8-18-13)10-1-2-11-12(9-10)16-6-5-15-11/h1-2,9H,3-8H2. The SMILES string of the molecule is ClCCC1(c2ccc3c(c2)OCCO3)OCCO1. The lowest BCUT2D eigenvalue weighted by atomic mass is 10.0. The third-order valence-corrected chi connectivity index (χ3v) is 3.35. The Morgan fingerprint density at radius 2 is 1.72 bits per heavy atom. The molecule has 0 radical (unpaired) electrons. The minimum Gasteiger partial charge on any atom is -0.486 e. The number of ether oxygens (including phenoxy) is 4. The average molecular weight is 271 g/mol. The van der Waals surface area contributed by atoms with Crippen LogP contribution in [-0.4, -0.2) is 32.3 Å². The second-order valence-electron chi connectivity index (χ2n) is 4.25. The Bertz CT molecular complexity index is 429. The molecule has 1 aromatic carbocycles. The van der Waals surface area contributed by atoms with Gasteiger partial charge in [-0.25, -0.2) is 0 Å². The van der Waals surface area contributed by atoms with Crippen LogP contribution in [0.15, 0.2) is 18.2 Å². The van der Waals surface area contributed by atoms with E-state index in [1.807, 2.05) is 18.2 Å². The van der Waals surface area contributed by atoms with Crippen LogP contribution in [0.25, 0.3) is 0 Å². The van der Waals surface area contributed by atoms with Gasteiger partial charge < -0.3 is 18.9 Å². The van der Waals surface area contributed by atoms with E-state index < -0.39 is 5.79 Å². The van der Waals surface area contributed by atoms with Crippen LogP contribution in [0, 0.1) is 0 Å². The van der Waals surface area contributed by atoms with Gasteiger partial charge in [-0.05, 0) is 18.2 Å². The van der Waals surface area contributed by atoms with Crippen molar-refractivity contribution in [1.82, 2.24) is 0 Å². The van der Waals surface area contributed by atoms with Gasteiger partial charge in [0, 0.05) is 17.9 Å². The summed E-state index contributed by atoms with van der Waals surface area (Å²) in [5.41, 5.74) is 0.935. The molecule has 0 unspecified atom stereocenters. The van der Waals surface area contributed by atoms with E-state index in [-0.39, 0.29) is 0 Å². The van der Waals surface area contributed by atoms with Gasteiger partial charge in [-0.1, -0.05) is 0 Å². The van der Waals surface area contributed by atoms with Gasteiger partial charge in [-0.15, -0.1) is 11.6 Å². The second-order valence-corrected chi connectivity index (χ2v) is 4.63. The van der Waals surface area contributed by atoms with Crippen LogP contribution in [0.5, 0.6) is 11.5 Å². The first kappa shape index (κ1) is 12.1. The van der Waals surface area contributed by atoms with Crippen molar-refractivity contribution in [2.75, 3.05) is 32.3 Å². The summed E-state index contributed by atoms with van der Waals surface area (Å²) in [7, 11) is 0. The fourth-order valence-electron chi connectivity index (χ4n) is 2.31. The molecule has 0 bridgehead atoms. The molecule has 1 aromatic rings. The molecule has 5 heteroatoms. The van der Waals surface area contributed by atoms with Gasteiger partial charge in [-0.2, -0.15) is 0 Å². The Kier molecular flexibility index (Phi) is 3.33. The molecule has 0 atom stereocenters. The van der Waals surface area contributed by atoms with Crippen LogP contribution < -0.4 is 9.47 Å². The van der Waals surface area contributed by atoms with E-state index in [0.29, 0.717) is 38.7 Å². The van der Waals surface area contributed by atoms with Crippen molar-refractivity contribution in [3.63, 3.8) is 0 Å². The maximum absolute atomic E-state index is 5.85. The molecular formula is C13H15ClO4. The predicted octanol–water partition coefficient (Wildman–Crippen LogP) is 2.29. The molecule has 0 amide bonds. The van der Waals surface area contributed by atoms with Gasteiger partial charge >= 0.3 is 0 Å². The monoisotopic (exact) mass is 270 g/mol. The number of alkyl halides is 1. The van der Waals surface area contributed by atoms with E-state index in [1.54, 1.807) is 0 Å². The topological polar surface area (TPSA) is 36.9 Å². The van der Waals surface area contributed by atoms with Crippen molar-refractivity contribution in [1.29, 1.82) is 0 Å². The highest BCUT2D eigenvalue weighted by Gasteiger charge is 2.38. The zero-order valence-electron chi connectivity index (χ0n) is 9.99. The molecule has 0 aromatic heterocycles. The Balaban J connectivity index is 1.94. The largest absolute Gasteiger partial charge is 0.486 e. The van der Waals surface area contributed by atoms with Crippen molar-refractivity contribution >= 4 is 11.6 Å². The summed E-state index contributed by atoms with van der Waals surface area (Å²) in [6.07, 6.45) is 0.619. The zero-order chi connectivity index (χ0) is 12.4. The summed E-state index contributed by atoms with van der Waals surface area (Å²) in [4.78, 5) is 0. The second kappa shape index (κ2) is 4.96. The van der Waals surface area contributed by atoms with Crippen molar-refractivity contribution < 1.29 is 18.9 Å². The van der Waals surface area contributed by atoms with Crippen LogP contribution in [-0.2, 0) is 15.3 Å². The molecule has 3 rings (SSSR count). The smallest absolute Gasteiger partial charge is 0.196 e. The first-order chi connectivity index (χ1) is 8.84. The molecule has 0 N–H and O–H groups in total. The molecule has 2 aliphatic rings. The van der Waals surface area contributed by atoms with Gasteiger partial charge in [0.25, 0.3) is 0 Å². The molecule has 1 fully saturated rings. The molecule has 0 aliphatic carbocycles. The van der Waals surface area contributed by atoms with Gasteiger partial charge in [0.1, 0.15) is 13.2 Å². The Morgan fingerprint density at radius 1 is 1.00 bits per heavy atom. The molecule has 98 valence electrons. The molecule has 2 heterocycles. The third-order valence-electron chi connectivity index (χ3n) is 3.16. The highest BCUT2D eigenvalue weighted by Crippen LogP contribution is 2.40. The lowest BCUT2D eigenvalue weighted by molar-refractivity contribution is -0.167. The Labute approximate surface area is 111 Å². The van der Waals surface area contributed by atoms with Crippen LogP contribution in [0.3, 0.4) is 0 Å². The maximum Gasteiger partial charge on any atom is 0.196 e. The van der Waals surface area contributed by atoms with Gasteiger partial charge in [0.05, 0.1) is 13.2 Å². The minimum absolute atomic E-state index is 0.481. The van der Waals surface area contributed by atoms with E-state index in [9.17, 15) is 0 Å². The Hall–Kier alpha value is -0.970. The summed E-state index contributed by atoms with van der Waals surface area (Å²) < 4.78 is 22.6. The number of benzene rings is 1. The normalized spacial score (nSPS) is 20.9. The van der Waals surface area contributed by atoms with E-state index >= 15 is 0 Å². The molecule has 2 aliphatic heterocycles. The summed E-state index contributed by atoms with van der Waals surface area (Å²) in [6.45, 7) is 2.34. The third kappa shape index (κ3) is 2.05. The number of rotatable bonds is 3. The lowest BCUT2D eigenvalue weighted by Gasteiger charge is -2.28. The van der Waals surface area contributed by atoms with E-state index in [2.05, 4.69) is 0 Å². The van der Waals surface area contributed by atoms with Crippen molar-refractivity contribution in [2.24, 2.45) is 0 Å². The van der Waals surface area contributed by atoms with Crippen molar-refractivity contribution in [3.8, 4) is 11.5 Å². The first-order valence-electron chi connectivity index (χ1n) is 6.08. The molecule has 0 saturated carbocycles. The Morgan fingerprint density at radius 3 is 2.44 bits per heavy atom. The molecule has 0 spiro atoms. The highest BCUT2D eigenvalue weighted by atomic mass is 35.5. The summed E-state index contributed by atoms with van der Waals surface area (Å²) in [5, 5.41) is 0. The number of fused-ring (bicyclic) bond motifs is 1. The average Bonchev–Trinajstić information content (AvgIpc) is 2.88. The van der Waals surface area contributed by atoms with Crippen LogP contribution >= 0.6 is 11.6 Å². The molecular weight excluding hydrogens is 256 g/mol. The maximum atomic E-state index is 5.85. The van der Waals surface area contributed by atoms with Crippen LogP contribution in [0.4, 0.5) is 0 Å². The molecule has 4 nitrogen and oxygen atoms in total. The van der Waals surface area contributed by atoms with Gasteiger partial charge in [0.15, 0.2) is 17.3 Å². The molecule has 1 saturated heterocycles. The number of halogens is 1. The highest BCUT2D eigenvalue weighted by molar-refractivity contribution is 6.17. The quantitative estimate of drug-likeness (QED) is 0.790. The van der Waals surface area contributed by atoms with Crippen molar-refractivity contribution in [2.45, 2.75) is 12.2 Å². The number of hydrogen-bond acceptors (Lipinski definition) is 4. The minimum atomic E-state index is -0.725. The summed E-state index contributed by atoms with van der Waals surface area (Å²) in [6, 6.07) is 5.77. The van der Waals surface area contributed by atoms with E-state index in [4.69, 9.17) is 30.5 Å². The summed E-state index contributed by atoms with van der Waals surface area (Å²) in [5.74, 6) is 1.27. The fourth-order valence-corrected chi connectivity index (χ4v) is 2.56. The zero-order valence-corrected chi connectivity index (χ0v) is 10.7. The van der Waals surface area contributed by atoms with Crippen LogP contribution in [0.1, 0.15) is 12.0 Å². The fraction of sp³-hybridized carbons (Fsp3) is 0.538. The summed E-state index contributed by atoms with van der Waals surface area (Å²) >= 11 is 5.85. The first-order valence-corrected chi connectivity index (χ1v) is 6.61.